The minimum atomic E-state index is -3.39. The van der Waals surface area contributed by atoms with Crippen molar-refractivity contribution < 1.29 is 8.42 Å². The van der Waals surface area contributed by atoms with Crippen LogP contribution in [0.3, 0.4) is 0 Å². The molecule has 1 aromatic carbocycles. The van der Waals surface area contributed by atoms with Gasteiger partial charge in [0.2, 0.25) is 0 Å². The van der Waals surface area contributed by atoms with Crippen molar-refractivity contribution in [1.29, 1.82) is 0 Å². The van der Waals surface area contributed by atoms with Crippen LogP contribution >= 0.6 is 11.6 Å². The van der Waals surface area contributed by atoms with E-state index in [0.717, 1.165) is 18.4 Å². The first-order valence-corrected chi connectivity index (χ1v) is 8.46. The molecule has 0 aliphatic carbocycles. The van der Waals surface area contributed by atoms with Crippen molar-refractivity contribution in [2.75, 3.05) is 19.0 Å². The normalized spacial score (nSPS) is 18.6. The van der Waals surface area contributed by atoms with E-state index in [1.54, 1.807) is 0 Å². The van der Waals surface area contributed by atoms with Gasteiger partial charge in [-0.15, -0.1) is 11.6 Å². The van der Waals surface area contributed by atoms with E-state index < -0.39 is 10.2 Å². The van der Waals surface area contributed by atoms with Gasteiger partial charge in [0, 0.05) is 25.0 Å². The predicted octanol–water partition coefficient (Wildman–Crippen LogP) is 1.77. The molecule has 19 heavy (non-hydrogen) atoms. The lowest BCUT2D eigenvalue weighted by molar-refractivity contribution is 0.455. The lowest BCUT2D eigenvalue weighted by atomic mass is 10.1. The Labute approximate surface area is 119 Å². The second-order valence-electron chi connectivity index (χ2n) is 4.77. The Kier molecular flexibility index (Phi) is 5.21. The van der Waals surface area contributed by atoms with E-state index in [0.29, 0.717) is 19.5 Å². The molecule has 1 N–H and O–H groups in total. The Balaban J connectivity index is 1.98. The molecule has 0 aromatic heterocycles. The Morgan fingerprint density at radius 1 is 1.21 bits per heavy atom. The van der Waals surface area contributed by atoms with Gasteiger partial charge in [-0.25, -0.2) is 0 Å². The highest BCUT2D eigenvalue weighted by Gasteiger charge is 2.27. The van der Waals surface area contributed by atoms with Crippen molar-refractivity contribution in [3.8, 4) is 0 Å². The number of nitrogens with zero attached hydrogens (tertiary/aromatic N) is 1. The molecule has 1 saturated heterocycles. The van der Waals surface area contributed by atoms with E-state index in [1.807, 2.05) is 30.3 Å². The molecule has 1 atom stereocenters. The van der Waals surface area contributed by atoms with E-state index in [1.165, 1.54) is 4.31 Å². The second-order valence-corrected chi connectivity index (χ2v) is 6.78. The molecule has 6 heteroatoms. The van der Waals surface area contributed by atoms with Gasteiger partial charge >= 0.3 is 0 Å². The van der Waals surface area contributed by atoms with Crippen LogP contribution in [0.5, 0.6) is 0 Å². The van der Waals surface area contributed by atoms with E-state index in [9.17, 15) is 8.42 Å². The highest BCUT2D eigenvalue weighted by molar-refractivity contribution is 7.87. The fourth-order valence-corrected chi connectivity index (χ4v) is 3.99. The molecule has 1 fully saturated rings. The van der Waals surface area contributed by atoms with Gasteiger partial charge in [0.05, 0.1) is 0 Å². The second kappa shape index (κ2) is 6.70. The number of nitrogens with one attached hydrogen (secondary N) is 1. The molecule has 1 unspecified atom stereocenters. The van der Waals surface area contributed by atoms with Crippen LogP contribution in [-0.4, -0.2) is 37.7 Å². The first kappa shape index (κ1) is 14.8. The summed E-state index contributed by atoms with van der Waals surface area (Å²) in [6.07, 6.45) is 2.48. The minimum absolute atomic E-state index is 0.266. The molecule has 4 nitrogen and oxygen atoms in total. The fraction of sp³-hybridized carbons (Fsp3) is 0.538. The van der Waals surface area contributed by atoms with Crippen LogP contribution in [0.4, 0.5) is 0 Å². The maximum absolute atomic E-state index is 12.1. The molecular formula is C13H19ClN2O2S. The number of hydrogen-bond acceptors (Lipinski definition) is 2. The molecule has 106 valence electrons. The lowest BCUT2D eigenvalue weighted by Gasteiger charge is -2.21. The van der Waals surface area contributed by atoms with E-state index in [4.69, 9.17) is 11.6 Å². The van der Waals surface area contributed by atoms with Crippen molar-refractivity contribution in [2.24, 2.45) is 0 Å². The zero-order valence-corrected chi connectivity index (χ0v) is 12.3. The monoisotopic (exact) mass is 302 g/mol. The molecule has 1 aromatic rings. The molecule has 1 heterocycles. The Morgan fingerprint density at radius 3 is 2.42 bits per heavy atom. The van der Waals surface area contributed by atoms with Crippen LogP contribution in [-0.2, 0) is 16.6 Å². The fourth-order valence-electron chi connectivity index (χ4n) is 2.24. The van der Waals surface area contributed by atoms with Gasteiger partial charge in [-0.1, -0.05) is 30.3 Å². The predicted molar refractivity (Wildman–Crippen MR) is 77.5 cm³/mol. The van der Waals surface area contributed by atoms with Gasteiger partial charge in [-0.05, 0) is 24.8 Å². The van der Waals surface area contributed by atoms with E-state index in [-0.39, 0.29) is 11.9 Å². The van der Waals surface area contributed by atoms with Crippen LogP contribution < -0.4 is 4.72 Å². The minimum Gasteiger partial charge on any atom is -0.198 e. The Bertz CT molecular complexity index is 487. The summed E-state index contributed by atoms with van der Waals surface area (Å²) in [5, 5.41) is 0. The summed E-state index contributed by atoms with van der Waals surface area (Å²) < 4.78 is 28.5. The molecule has 1 aliphatic rings. The molecule has 0 radical (unpaired) electrons. The summed E-state index contributed by atoms with van der Waals surface area (Å²) in [4.78, 5) is 0. The number of hydrogen-bond donors (Lipinski definition) is 1. The average Bonchev–Trinajstić information content (AvgIpc) is 2.93. The first-order chi connectivity index (χ1) is 9.12. The van der Waals surface area contributed by atoms with Gasteiger partial charge in [0.1, 0.15) is 0 Å². The van der Waals surface area contributed by atoms with Crippen LogP contribution in [0.1, 0.15) is 18.4 Å². The maximum atomic E-state index is 12.1. The third-order valence-electron chi connectivity index (χ3n) is 3.23. The zero-order chi connectivity index (χ0) is 13.7. The number of alkyl halides is 1. The maximum Gasteiger partial charge on any atom is 0.279 e. The smallest absolute Gasteiger partial charge is 0.198 e. The molecule has 0 amide bonds. The Morgan fingerprint density at radius 2 is 1.84 bits per heavy atom. The summed E-state index contributed by atoms with van der Waals surface area (Å²) >= 11 is 5.88. The number of benzene rings is 1. The number of halogens is 1. The summed E-state index contributed by atoms with van der Waals surface area (Å²) in [6, 6.07) is 9.50. The summed E-state index contributed by atoms with van der Waals surface area (Å²) in [5.41, 5.74) is 1.08. The molecule has 2 rings (SSSR count). The highest BCUT2D eigenvalue weighted by Crippen LogP contribution is 2.13. The summed E-state index contributed by atoms with van der Waals surface area (Å²) in [7, 11) is -3.39. The molecule has 1 aliphatic heterocycles. The van der Waals surface area contributed by atoms with Crippen LogP contribution in [0, 0.1) is 0 Å². The molecule has 0 saturated carbocycles. The van der Waals surface area contributed by atoms with Crippen LogP contribution in [0.15, 0.2) is 30.3 Å². The molecular weight excluding hydrogens is 284 g/mol. The van der Waals surface area contributed by atoms with Gasteiger partial charge in [-0.2, -0.15) is 17.4 Å². The topological polar surface area (TPSA) is 49.4 Å². The van der Waals surface area contributed by atoms with Crippen molar-refractivity contribution >= 4 is 21.8 Å². The SMILES string of the molecule is O=S(=O)(NC(CCl)Cc1ccccc1)N1CCCC1. The largest absolute Gasteiger partial charge is 0.279 e. The van der Waals surface area contributed by atoms with Crippen LogP contribution in [0.25, 0.3) is 0 Å². The van der Waals surface area contributed by atoms with Gasteiger partial charge < -0.3 is 0 Å². The standard InChI is InChI=1S/C13H19ClN2O2S/c14-11-13(10-12-6-2-1-3-7-12)15-19(17,18)16-8-4-5-9-16/h1-3,6-7,13,15H,4-5,8-11H2. The third kappa shape index (κ3) is 4.18. The van der Waals surface area contributed by atoms with Crippen molar-refractivity contribution in [3.63, 3.8) is 0 Å². The van der Waals surface area contributed by atoms with Crippen molar-refractivity contribution in [3.05, 3.63) is 35.9 Å². The molecule has 0 spiro atoms. The van der Waals surface area contributed by atoms with Crippen molar-refractivity contribution in [2.45, 2.75) is 25.3 Å². The average molecular weight is 303 g/mol. The number of rotatable bonds is 6. The first-order valence-electron chi connectivity index (χ1n) is 6.49. The molecule has 0 bridgehead atoms. The quantitative estimate of drug-likeness (QED) is 0.814. The highest BCUT2D eigenvalue weighted by atomic mass is 35.5. The van der Waals surface area contributed by atoms with E-state index >= 15 is 0 Å². The summed E-state index contributed by atoms with van der Waals surface area (Å²) in [5.74, 6) is 0.266. The lowest BCUT2D eigenvalue weighted by Crippen LogP contribution is -2.45. The van der Waals surface area contributed by atoms with Crippen molar-refractivity contribution in [1.82, 2.24) is 9.03 Å². The van der Waals surface area contributed by atoms with Gasteiger partial charge in [0.25, 0.3) is 10.2 Å². The van der Waals surface area contributed by atoms with Gasteiger partial charge in [0.15, 0.2) is 0 Å². The zero-order valence-electron chi connectivity index (χ0n) is 10.8. The van der Waals surface area contributed by atoms with Crippen LogP contribution in [0.2, 0.25) is 0 Å². The summed E-state index contributed by atoms with van der Waals surface area (Å²) in [6.45, 7) is 1.21. The van der Waals surface area contributed by atoms with Gasteiger partial charge in [-0.3, -0.25) is 0 Å². The van der Waals surface area contributed by atoms with E-state index in [2.05, 4.69) is 4.72 Å². The Hall–Kier alpha value is -0.620. The third-order valence-corrected chi connectivity index (χ3v) is 5.28.